The second-order valence-corrected chi connectivity index (χ2v) is 9.63. The standard InChI is InChI=1S/C19H29FN2O2S/c1-12(2)16-9-14(20)10-17(13(3)4)18(16)11-19(23)22-25(21,24)15-7-5-6-8-15/h9-10,12-13,15H,5-8,11H2,1-4H3,(H2,21,22,23,24). The van der Waals surface area contributed by atoms with Crippen molar-refractivity contribution in [3.8, 4) is 0 Å². The van der Waals surface area contributed by atoms with Crippen molar-refractivity contribution >= 4 is 15.8 Å². The van der Waals surface area contributed by atoms with Crippen LogP contribution in [0.15, 0.2) is 16.5 Å². The lowest BCUT2D eigenvalue weighted by molar-refractivity contribution is -0.117. The van der Waals surface area contributed by atoms with Gasteiger partial charge in [0.15, 0.2) is 0 Å². The van der Waals surface area contributed by atoms with E-state index in [0.29, 0.717) is 0 Å². The summed E-state index contributed by atoms with van der Waals surface area (Å²) in [5.74, 6) is -0.620. The predicted molar refractivity (Wildman–Crippen MR) is 100 cm³/mol. The summed E-state index contributed by atoms with van der Waals surface area (Å²) in [6.07, 6.45) is 3.50. The Hall–Kier alpha value is -1.27. The molecule has 1 aromatic carbocycles. The SMILES string of the molecule is CC(C)c1cc(F)cc(C(C)C)c1CC(=O)N=S(N)(=O)C1CCCC1. The van der Waals surface area contributed by atoms with Crippen molar-refractivity contribution < 1.29 is 13.4 Å². The molecule has 1 aliphatic carbocycles. The number of carbonyl (C=O) groups is 1. The lowest BCUT2D eigenvalue weighted by Gasteiger charge is -2.19. The lowest BCUT2D eigenvalue weighted by atomic mass is 9.87. The van der Waals surface area contributed by atoms with Crippen molar-refractivity contribution in [3.63, 3.8) is 0 Å². The van der Waals surface area contributed by atoms with Crippen LogP contribution in [0.2, 0.25) is 0 Å². The first-order chi connectivity index (χ1) is 11.6. The first kappa shape index (κ1) is 20.0. The first-order valence-electron chi connectivity index (χ1n) is 9.00. The minimum atomic E-state index is -3.00. The highest BCUT2D eigenvalue weighted by molar-refractivity contribution is 7.92. The summed E-state index contributed by atoms with van der Waals surface area (Å²) < 4.78 is 30.5. The Morgan fingerprint density at radius 3 is 2.12 bits per heavy atom. The average molecular weight is 369 g/mol. The zero-order valence-electron chi connectivity index (χ0n) is 15.5. The number of halogens is 1. The molecule has 1 unspecified atom stereocenters. The lowest BCUT2D eigenvalue weighted by Crippen LogP contribution is -2.27. The van der Waals surface area contributed by atoms with Crippen LogP contribution in [0, 0.1) is 5.82 Å². The second-order valence-electron chi connectivity index (χ2n) is 7.55. The van der Waals surface area contributed by atoms with Gasteiger partial charge in [-0.2, -0.15) is 0 Å². The predicted octanol–water partition coefficient (Wildman–Crippen LogP) is 4.43. The molecule has 2 N–H and O–H groups in total. The number of carbonyl (C=O) groups excluding carboxylic acids is 1. The number of hydrogen-bond donors (Lipinski definition) is 1. The van der Waals surface area contributed by atoms with E-state index in [1.165, 1.54) is 12.1 Å². The van der Waals surface area contributed by atoms with E-state index in [1.807, 2.05) is 27.7 Å². The summed E-state index contributed by atoms with van der Waals surface area (Å²) in [5.41, 5.74) is 2.40. The van der Waals surface area contributed by atoms with Crippen LogP contribution >= 0.6 is 0 Å². The molecule has 6 heteroatoms. The average Bonchev–Trinajstić information content (AvgIpc) is 3.02. The molecule has 0 bridgehead atoms. The van der Waals surface area contributed by atoms with E-state index < -0.39 is 15.8 Å². The zero-order valence-corrected chi connectivity index (χ0v) is 16.4. The van der Waals surface area contributed by atoms with Crippen LogP contribution in [-0.4, -0.2) is 15.4 Å². The summed E-state index contributed by atoms with van der Waals surface area (Å²) in [5, 5.41) is 5.68. The summed E-state index contributed by atoms with van der Waals surface area (Å²) in [7, 11) is -3.00. The molecule has 1 aromatic rings. The Balaban J connectivity index is 2.38. The Kier molecular flexibility index (Phi) is 6.38. The highest BCUT2D eigenvalue weighted by atomic mass is 32.2. The van der Waals surface area contributed by atoms with E-state index in [0.717, 1.165) is 42.4 Å². The summed E-state index contributed by atoms with van der Waals surface area (Å²) >= 11 is 0. The second kappa shape index (κ2) is 7.96. The number of benzene rings is 1. The van der Waals surface area contributed by atoms with Gasteiger partial charge in [-0.25, -0.2) is 13.7 Å². The van der Waals surface area contributed by atoms with Gasteiger partial charge in [0.25, 0.3) is 5.91 Å². The van der Waals surface area contributed by atoms with Gasteiger partial charge < -0.3 is 0 Å². The molecule has 1 aliphatic rings. The summed E-state index contributed by atoms with van der Waals surface area (Å²) in [6, 6.07) is 2.96. The van der Waals surface area contributed by atoms with Gasteiger partial charge in [0, 0.05) is 0 Å². The summed E-state index contributed by atoms with van der Waals surface area (Å²) in [4.78, 5) is 12.5. The third kappa shape index (κ3) is 4.88. The maximum Gasteiger partial charge on any atom is 0.259 e. The van der Waals surface area contributed by atoms with E-state index in [4.69, 9.17) is 5.14 Å². The highest BCUT2D eigenvalue weighted by Crippen LogP contribution is 2.30. The van der Waals surface area contributed by atoms with Gasteiger partial charge in [0.2, 0.25) is 0 Å². The molecule has 25 heavy (non-hydrogen) atoms. The molecule has 0 spiro atoms. The molecular formula is C19H29FN2O2S. The van der Waals surface area contributed by atoms with Gasteiger partial charge in [0.05, 0.1) is 11.7 Å². The fourth-order valence-electron chi connectivity index (χ4n) is 3.56. The van der Waals surface area contributed by atoms with E-state index >= 15 is 0 Å². The maximum atomic E-state index is 14.0. The van der Waals surface area contributed by atoms with Gasteiger partial charge >= 0.3 is 0 Å². The van der Waals surface area contributed by atoms with Crippen LogP contribution in [0.25, 0.3) is 0 Å². The summed E-state index contributed by atoms with van der Waals surface area (Å²) in [6.45, 7) is 7.87. The van der Waals surface area contributed by atoms with E-state index in [-0.39, 0.29) is 29.3 Å². The van der Waals surface area contributed by atoms with E-state index in [9.17, 15) is 13.4 Å². The molecule has 140 valence electrons. The molecule has 2 rings (SSSR count). The number of nitrogens with two attached hydrogens (primary N) is 1. The maximum absolute atomic E-state index is 14.0. The van der Waals surface area contributed by atoms with Gasteiger partial charge in [-0.1, -0.05) is 40.5 Å². The van der Waals surface area contributed by atoms with Crippen molar-refractivity contribution in [1.29, 1.82) is 0 Å². The van der Waals surface area contributed by atoms with Gasteiger partial charge in [0.1, 0.15) is 15.7 Å². The normalized spacial score (nSPS) is 17.9. The van der Waals surface area contributed by atoms with Gasteiger partial charge in [-0.15, -0.1) is 4.36 Å². The zero-order chi connectivity index (χ0) is 18.8. The number of amides is 1. The van der Waals surface area contributed by atoms with Gasteiger partial charge in [-0.05, 0) is 53.5 Å². The first-order valence-corrected chi connectivity index (χ1v) is 10.6. The largest absolute Gasteiger partial charge is 0.272 e. The Morgan fingerprint density at radius 2 is 1.68 bits per heavy atom. The molecular weight excluding hydrogens is 339 g/mol. The molecule has 0 radical (unpaired) electrons. The molecule has 1 atom stereocenters. The third-order valence-corrected chi connectivity index (χ3v) is 6.80. The highest BCUT2D eigenvalue weighted by Gasteiger charge is 2.26. The fourth-order valence-corrected chi connectivity index (χ4v) is 5.10. The van der Waals surface area contributed by atoms with Crippen LogP contribution < -0.4 is 5.14 Å². The number of nitrogens with zero attached hydrogens (tertiary/aromatic N) is 1. The van der Waals surface area contributed by atoms with Crippen molar-refractivity contribution in [2.75, 3.05) is 0 Å². The minimum Gasteiger partial charge on any atom is -0.272 e. The van der Waals surface area contributed by atoms with Crippen LogP contribution in [-0.2, 0) is 21.1 Å². The van der Waals surface area contributed by atoms with E-state index in [1.54, 1.807) is 0 Å². The van der Waals surface area contributed by atoms with Crippen molar-refractivity contribution in [2.45, 2.75) is 76.9 Å². The molecule has 4 nitrogen and oxygen atoms in total. The van der Waals surface area contributed by atoms with Gasteiger partial charge in [-0.3, -0.25) is 4.79 Å². The fraction of sp³-hybridized carbons (Fsp3) is 0.632. The van der Waals surface area contributed by atoms with Crippen LogP contribution in [0.5, 0.6) is 0 Å². The smallest absolute Gasteiger partial charge is 0.259 e. The molecule has 1 saturated carbocycles. The van der Waals surface area contributed by atoms with Crippen LogP contribution in [0.3, 0.4) is 0 Å². The molecule has 1 fully saturated rings. The van der Waals surface area contributed by atoms with Crippen molar-refractivity contribution in [3.05, 3.63) is 34.6 Å². The molecule has 0 aromatic heterocycles. The topological polar surface area (TPSA) is 72.5 Å². The molecule has 0 aliphatic heterocycles. The van der Waals surface area contributed by atoms with Crippen LogP contribution in [0.1, 0.15) is 81.9 Å². The Labute approximate surface area is 150 Å². The molecule has 0 saturated heterocycles. The van der Waals surface area contributed by atoms with Crippen molar-refractivity contribution in [2.24, 2.45) is 9.50 Å². The quantitative estimate of drug-likeness (QED) is 0.835. The Bertz CT molecular complexity index is 730. The number of rotatable bonds is 5. The Morgan fingerprint density at radius 1 is 1.20 bits per heavy atom. The molecule has 1 amide bonds. The third-order valence-electron chi connectivity index (χ3n) is 4.88. The monoisotopic (exact) mass is 368 g/mol. The minimum absolute atomic E-state index is 0.0161. The van der Waals surface area contributed by atoms with E-state index in [2.05, 4.69) is 4.36 Å². The van der Waals surface area contributed by atoms with Crippen molar-refractivity contribution in [1.82, 2.24) is 0 Å². The number of hydrogen-bond acceptors (Lipinski definition) is 2. The van der Waals surface area contributed by atoms with Crippen LogP contribution in [0.4, 0.5) is 4.39 Å². The molecule has 0 heterocycles.